The normalized spacial score (nSPS) is 14.5. The van der Waals surface area contributed by atoms with Gasteiger partial charge in [-0.05, 0) is 17.7 Å². The van der Waals surface area contributed by atoms with E-state index < -0.39 is 10.1 Å². The average molecular weight is 325 g/mol. The van der Waals surface area contributed by atoms with E-state index in [9.17, 15) is 13.2 Å². The molecule has 1 aliphatic rings. The SMILES string of the molecule is C=CC(=O)N1CCOCC1.C=Cc1ccccc1S(=O)(=O)O. The molecule has 1 aliphatic heterocycles. The predicted octanol–water partition coefficient (Wildman–Crippen LogP) is 1.61. The molecule has 0 atom stereocenters. The number of benzene rings is 1. The standard InChI is InChI=1S/C8H8O3S.C7H11NO2/c1-2-7-5-3-4-6-8(7)12(9,10)11;1-2-7(9)8-3-5-10-6-4-8/h2-6H,1H2,(H,9,10,11);2H,1,3-6H2. The van der Waals surface area contributed by atoms with Crippen molar-refractivity contribution in [2.45, 2.75) is 4.90 Å². The third-order valence-corrected chi connectivity index (χ3v) is 3.84. The van der Waals surface area contributed by atoms with Gasteiger partial charge in [0.05, 0.1) is 13.2 Å². The van der Waals surface area contributed by atoms with E-state index in [1.54, 1.807) is 17.0 Å². The summed E-state index contributed by atoms with van der Waals surface area (Å²) in [4.78, 5) is 12.5. The summed E-state index contributed by atoms with van der Waals surface area (Å²) in [7, 11) is -4.12. The highest BCUT2D eigenvalue weighted by Crippen LogP contribution is 2.15. The van der Waals surface area contributed by atoms with Gasteiger partial charge in [-0.25, -0.2) is 0 Å². The fraction of sp³-hybridized carbons (Fsp3) is 0.267. The molecule has 0 aromatic heterocycles. The van der Waals surface area contributed by atoms with Gasteiger partial charge in [-0.3, -0.25) is 9.35 Å². The molecular weight excluding hydrogens is 306 g/mol. The number of hydrogen-bond donors (Lipinski definition) is 1. The fourth-order valence-electron chi connectivity index (χ4n) is 1.80. The minimum Gasteiger partial charge on any atom is -0.378 e. The van der Waals surface area contributed by atoms with Crippen LogP contribution in [0.3, 0.4) is 0 Å². The molecule has 7 heteroatoms. The van der Waals surface area contributed by atoms with Crippen molar-refractivity contribution in [3.05, 3.63) is 49.1 Å². The Morgan fingerprint density at radius 2 is 1.82 bits per heavy atom. The molecule has 1 saturated heterocycles. The highest BCUT2D eigenvalue weighted by atomic mass is 32.2. The topological polar surface area (TPSA) is 83.9 Å². The Labute approximate surface area is 130 Å². The summed E-state index contributed by atoms with van der Waals surface area (Å²) >= 11 is 0. The van der Waals surface area contributed by atoms with Crippen molar-refractivity contribution in [2.24, 2.45) is 0 Å². The molecule has 0 radical (unpaired) electrons. The van der Waals surface area contributed by atoms with Gasteiger partial charge in [0, 0.05) is 13.1 Å². The van der Waals surface area contributed by atoms with Crippen LogP contribution in [-0.4, -0.2) is 50.1 Å². The molecule has 1 aromatic rings. The summed E-state index contributed by atoms with van der Waals surface area (Å²) < 4.78 is 35.2. The predicted molar refractivity (Wildman–Crippen MR) is 83.9 cm³/mol. The first-order valence-electron chi connectivity index (χ1n) is 6.58. The number of nitrogens with zero attached hydrogens (tertiary/aromatic N) is 1. The van der Waals surface area contributed by atoms with Gasteiger partial charge in [0.1, 0.15) is 4.90 Å². The second kappa shape index (κ2) is 8.47. The number of carbonyl (C=O) groups excluding carboxylic acids is 1. The van der Waals surface area contributed by atoms with Crippen LogP contribution in [0.4, 0.5) is 0 Å². The molecule has 6 nitrogen and oxygen atoms in total. The van der Waals surface area contributed by atoms with Crippen LogP contribution in [0.15, 0.2) is 48.4 Å². The molecule has 1 N–H and O–H groups in total. The number of carbonyl (C=O) groups is 1. The molecule has 120 valence electrons. The van der Waals surface area contributed by atoms with E-state index in [2.05, 4.69) is 13.2 Å². The average Bonchev–Trinajstić information content (AvgIpc) is 2.54. The number of rotatable bonds is 3. The van der Waals surface area contributed by atoms with E-state index in [1.165, 1.54) is 24.3 Å². The van der Waals surface area contributed by atoms with E-state index in [0.717, 1.165) is 0 Å². The Balaban J connectivity index is 0.000000224. The highest BCUT2D eigenvalue weighted by Gasteiger charge is 2.13. The second-order valence-electron chi connectivity index (χ2n) is 4.36. The summed E-state index contributed by atoms with van der Waals surface area (Å²) in [5.41, 5.74) is 0.403. The van der Waals surface area contributed by atoms with Gasteiger partial charge in [-0.15, -0.1) is 0 Å². The van der Waals surface area contributed by atoms with Crippen LogP contribution in [-0.2, 0) is 19.6 Å². The Kier molecular flexibility index (Phi) is 6.97. The minimum absolute atomic E-state index is 0.00306. The van der Waals surface area contributed by atoms with E-state index in [0.29, 0.717) is 31.9 Å². The smallest absolute Gasteiger partial charge is 0.295 e. The van der Waals surface area contributed by atoms with Gasteiger partial charge in [0.2, 0.25) is 5.91 Å². The first-order chi connectivity index (χ1) is 10.4. The van der Waals surface area contributed by atoms with Crippen molar-refractivity contribution in [1.29, 1.82) is 0 Å². The lowest BCUT2D eigenvalue weighted by molar-refractivity contribution is -0.129. The number of ether oxygens (including phenoxy) is 1. The van der Waals surface area contributed by atoms with Crippen LogP contribution in [0.1, 0.15) is 5.56 Å². The molecule has 0 spiro atoms. The van der Waals surface area contributed by atoms with Crippen LogP contribution in [0.5, 0.6) is 0 Å². The van der Waals surface area contributed by atoms with Crippen molar-refractivity contribution < 1.29 is 22.5 Å². The first kappa shape index (κ1) is 18.1. The van der Waals surface area contributed by atoms with Gasteiger partial charge in [-0.1, -0.05) is 37.4 Å². The molecular formula is C15H19NO5S. The van der Waals surface area contributed by atoms with Crippen molar-refractivity contribution in [2.75, 3.05) is 26.3 Å². The maximum absolute atomic E-state index is 10.9. The summed E-state index contributed by atoms with van der Waals surface area (Å²) in [6.07, 6.45) is 2.72. The third kappa shape index (κ3) is 5.44. The lowest BCUT2D eigenvalue weighted by Gasteiger charge is -2.25. The van der Waals surface area contributed by atoms with Gasteiger partial charge >= 0.3 is 0 Å². The minimum atomic E-state index is -4.12. The molecule has 0 bridgehead atoms. The van der Waals surface area contributed by atoms with Gasteiger partial charge in [0.15, 0.2) is 0 Å². The van der Waals surface area contributed by atoms with Crippen LogP contribution in [0.25, 0.3) is 6.08 Å². The number of hydrogen-bond acceptors (Lipinski definition) is 4. The number of morpholine rings is 1. The monoisotopic (exact) mass is 325 g/mol. The van der Waals surface area contributed by atoms with E-state index >= 15 is 0 Å². The molecule has 2 rings (SSSR count). The summed E-state index contributed by atoms with van der Waals surface area (Å²) in [5, 5.41) is 0. The van der Waals surface area contributed by atoms with E-state index in [1.807, 2.05) is 0 Å². The van der Waals surface area contributed by atoms with Crippen LogP contribution < -0.4 is 0 Å². The molecule has 0 aliphatic carbocycles. The zero-order valence-corrected chi connectivity index (χ0v) is 13.0. The van der Waals surface area contributed by atoms with Crippen molar-refractivity contribution in [3.63, 3.8) is 0 Å². The van der Waals surface area contributed by atoms with E-state index in [-0.39, 0.29) is 10.8 Å². The van der Waals surface area contributed by atoms with Crippen LogP contribution in [0, 0.1) is 0 Å². The zero-order chi connectivity index (χ0) is 16.6. The largest absolute Gasteiger partial charge is 0.378 e. The lowest BCUT2D eigenvalue weighted by Crippen LogP contribution is -2.39. The molecule has 0 unspecified atom stereocenters. The quantitative estimate of drug-likeness (QED) is 0.674. The molecule has 22 heavy (non-hydrogen) atoms. The fourth-order valence-corrected chi connectivity index (χ4v) is 2.50. The summed E-state index contributed by atoms with van der Waals surface area (Å²) in [6.45, 7) is 9.54. The molecule has 0 saturated carbocycles. The lowest BCUT2D eigenvalue weighted by atomic mass is 10.2. The molecule has 1 fully saturated rings. The van der Waals surface area contributed by atoms with Gasteiger partial charge < -0.3 is 9.64 Å². The summed E-state index contributed by atoms with van der Waals surface area (Å²) in [6, 6.07) is 6.10. The van der Waals surface area contributed by atoms with Gasteiger partial charge in [0.25, 0.3) is 10.1 Å². The second-order valence-corrected chi connectivity index (χ2v) is 5.75. The Bertz CT molecular complexity index is 633. The van der Waals surface area contributed by atoms with Crippen molar-refractivity contribution >= 4 is 22.1 Å². The van der Waals surface area contributed by atoms with E-state index in [4.69, 9.17) is 9.29 Å². The van der Waals surface area contributed by atoms with Crippen molar-refractivity contribution in [1.82, 2.24) is 4.90 Å². The molecule has 1 amide bonds. The van der Waals surface area contributed by atoms with Crippen LogP contribution >= 0.6 is 0 Å². The van der Waals surface area contributed by atoms with Crippen molar-refractivity contribution in [3.8, 4) is 0 Å². The van der Waals surface area contributed by atoms with Crippen LogP contribution in [0.2, 0.25) is 0 Å². The number of amides is 1. The highest BCUT2D eigenvalue weighted by molar-refractivity contribution is 7.85. The Morgan fingerprint density at radius 1 is 1.23 bits per heavy atom. The Morgan fingerprint density at radius 3 is 2.27 bits per heavy atom. The summed E-state index contributed by atoms with van der Waals surface area (Å²) in [5.74, 6) is 0.00306. The maximum atomic E-state index is 10.9. The maximum Gasteiger partial charge on any atom is 0.295 e. The Hall–Kier alpha value is -1.96. The van der Waals surface area contributed by atoms with Gasteiger partial charge in [-0.2, -0.15) is 8.42 Å². The zero-order valence-electron chi connectivity index (χ0n) is 12.1. The first-order valence-corrected chi connectivity index (χ1v) is 8.02. The molecule has 1 heterocycles. The third-order valence-electron chi connectivity index (χ3n) is 2.91. The molecule has 1 aromatic carbocycles.